The third kappa shape index (κ3) is 3.63. The number of hydrogen-bond donors (Lipinski definition) is 2. The molecule has 0 spiro atoms. The summed E-state index contributed by atoms with van der Waals surface area (Å²) in [6.45, 7) is 12.7. The number of aromatic nitrogens is 1. The molecular formula is C28H37N3OS. The zero-order chi connectivity index (χ0) is 23.5. The Morgan fingerprint density at radius 1 is 1.27 bits per heavy atom. The lowest BCUT2D eigenvalue weighted by Gasteiger charge is -2.56. The lowest BCUT2D eigenvalue weighted by molar-refractivity contribution is 0.0108. The van der Waals surface area contributed by atoms with E-state index in [0.29, 0.717) is 35.5 Å². The second kappa shape index (κ2) is 7.97. The summed E-state index contributed by atoms with van der Waals surface area (Å²) in [7, 11) is 0. The third-order valence-corrected chi connectivity index (χ3v) is 9.71. The van der Waals surface area contributed by atoms with Crippen molar-refractivity contribution in [3.63, 3.8) is 0 Å². The maximum Gasteiger partial charge on any atom is 0.135 e. The number of fused-ring (bicyclic) bond motifs is 3. The second-order valence-electron chi connectivity index (χ2n) is 11.4. The first-order valence-electron chi connectivity index (χ1n) is 12.4. The van der Waals surface area contributed by atoms with E-state index in [4.69, 9.17) is 5.41 Å². The van der Waals surface area contributed by atoms with Crippen molar-refractivity contribution in [2.24, 2.45) is 11.3 Å². The van der Waals surface area contributed by atoms with Crippen LogP contribution < -0.4 is 0 Å². The number of nitrogens with zero attached hydrogens (tertiary/aromatic N) is 2. The van der Waals surface area contributed by atoms with Crippen LogP contribution in [0.2, 0.25) is 0 Å². The van der Waals surface area contributed by atoms with Crippen LogP contribution in [0.3, 0.4) is 0 Å². The molecule has 176 valence electrons. The van der Waals surface area contributed by atoms with Crippen LogP contribution in [0, 0.1) is 23.7 Å². The van der Waals surface area contributed by atoms with Gasteiger partial charge in [0.2, 0.25) is 0 Å². The first-order valence-corrected chi connectivity index (χ1v) is 13.3. The summed E-state index contributed by atoms with van der Waals surface area (Å²) in [6.07, 6.45) is 6.00. The molecule has 1 aromatic carbocycles. The molecule has 5 heteroatoms. The van der Waals surface area contributed by atoms with E-state index in [0.717, 1.165) is 23.7 Å². The van der Waals surface area contributed by atoms with Gasteiger partial charge in [-0.2, -0.15) is 0 Å². The molecule has 3 aliphatic rings. The Labute approximate surface area is 202 Å². The predicted molar refractivity (Wildman–Crippen MR) is 137 cm³/mol. The van der Waals surface area contributed by atoms with Gasteiger partial charge in [-0.25, -0.2) is 4.98 Å². The molecule has 1 fully saturated rings. The van der Waals surface area contributed by atoms with E-state index in [1.165, 1.54) is 42.6 Å². The molecular weight excluding hydrogens is 426 g/mol. The number of aliphatic hydroxyl groups excluding tert-OH is 1. The fraction of sp³-hybridized carbons (Fsp3) is 0.571. The Balaban J connectivity index is 1.42. The number of rotatable bonds is 4. The first kappa shape index (κ1) is 22.6. The van der Waals surface area contributed by atoms with Gasteiger partial charge >= 0.3 is 0 Å². The number of aliphatic hydroxyl groups is 1. The minimum Gasteiger partial charge on any atom is -0.510 e. The maximum atomic E-state index is 10.8. The topological polar surface area (TPSA) is 60.2 Å². The van der Waals surface area contributed by atoms with E-state index in [9.17, 15) is 5.11 Å². The Hall–Kier alpha value is -2.14. The van der Waals surface area contributed by atoms with Crippen LogP contribution in [0.1, 0.15) is 86.7 Å². The third-order valence-electron chi connectivity index (χ3n) is 8.74. The van der Waals surface area contributed by atoms with Crippen LogP contribution in [-0.4, -0.2) is 33.9 Å². The van der Waals surface area contributed by atoms with Crippen LogP contribution in [0.4, 0.5) is 0 Å². The Morgan fingerprint density at radius 2 is 2.06 bits per heavy atom. The van der Waals surface area contributed by atoms with Crippen molar-refractivity contribution in [2.45, 2.75) is 78.1 Å². The molecule has 4 nitrogen and oxygen atoms in total. The molecule has 1 aliphatic heterocycles. The minimum absolute atomic E-state index is 0.113. The second-order valence-corrected chi connectivity index (χ2v) is 12.3. The van der Waals surface area contributed by atoms with Gasteiger partial charge in [0, 0.05) is 17.6 Å². The number of hydrogen-bond acceptors (Lipinski definition) is 4. The van der Waals surface area contributed by atoms with Crippen LogP contribution in [0.15, 0.2) is 29.3 Å². The molecule has 3 atom stereocenters. The number of thiazole rings is 1. The van der Waals surface area contributed by atoms with Gasteiger partial charge in [-0.05, 0) is 72.0 Å². The first-order chi connectivity index (χ1) is 15.6. The molecule has 2 heterocycles. The molecule has 0 bridgehead atoms. The molecule has 2 N–H and O–H groups in total. The fourth-order valence-corrected chi connectivity index (χ4v) is 7.95. The van der Waals surface area contributed by atoms with Crippen LogP contribution in [0.25, 0.3) is 5.57 Å². The quantitative estimate of drug-likeness (QED) is 0.521. The van der Waals surface area contributed by atoms with Gasteiger partial charge in [-0.3, -0.25) is 5.41 Å². The summed E-state index contributed by atoms with van der Waals surface area (Å²) in [5.41, 5.74) is 6.43. The van der Waals surface area contributed by atoms with E-state index >= 15 is 0 Å². The standard InChI is InChI=1S/C28H37N3OS/c1-17(2)19-7-9-21-20(13-19)8-10-23-27(4,11-6-12-28(21,23)5)16-31-14-22(32)24(25(31)29)26-30-18(3)15-33-26/h7,9,13,15,17,23,29,32H,6,8,10-12,14,16H2,1-5H3/t23-,27+,28-/m0/s1. The zero-order valence-electron chi connectivity index (χ0n) is 20.7. The monoisotopic (exact) mass is 463 g/mol. The molecule has 5 rings (SSSR count). The Bertz CT molecular complexity index is 1130. The van der Waals surface area contributed by atoms with Crippen molar-refractivity contribution in [3.05, 3.63) is 56.7 Å². The molecule has 0 saturated heterocycles. The molecule has 33 heavy (non-hydrogen) atoms. The number of benzene rings is 1. The van der Waals surface area contributed by atoms with E-state index in [-0.39, 0.29) is 10.8 Å². The van der Waals surface area contributed by atoms with E-state index in [2.05, 4.69) is 55.8 Å². The molecule has 2 aliphatic carbocycles. The molecule has 1 aromatic heterocycles. The summed E-state index contributed by atoms with van der Waals surface area (Å²) in [4.78, 5) is 6.65. The summed E-state index contributed by atoms with van der Waals surface area (Å²) >= 11 is 1.52. The maximum absolute atomic E-state index is 10.8. The van der Waals surface area contributed by atoms with E-state index in [1.54, 1.807) is 11.1 Å². The zero-order valence-corrected chi connectivity index (χ0v) is 21.5. The highest BCUT2D eigenvalue weighted by Gasteiger charge is 2.52. The highest BCUT2D eigenvalue weighted by molar-refractivity contribution is 7.11. The summed E-state index contributed by atoms with van der Waals surface area (Å²) in [6, 6.07) is 7.24. The molecule has 0 radical (unpaired) electrons. The van der Waals surface area contributed by atoms with Crippen molar-refractivity contribution in [1.82, 2.24) is 9.88 Å². The molecule has 0 amide bonds. The average molecular weight is 464 g/mol. The highest BCUT2D eigenvalue weighted by Crippen LogP contribution is 2.57. The van der Waals surface area contributed by atoms with Crippen LogP contribution >= 0.6 is 11.3 Å². The normalized spacial score (nSPS) is 29.6. The summed E-state index contributed by atoms with van der Waals surface area (Å²) in [5, 5.41) is 22.4. The number of amidine groups is 1. The van der Waals surface area contributed by atoms with E-state index < -0.39 is 0 Å². The van der Waals surface area contributed by atoms with Crippen molar-refractivity contribution in [3.8, 4) is 0 Å². The SMILES string of the molecule is Cc1csc(C2=C(O)CN(C[C@@]3(C)CCC[C@@]4(C)c5ccc(C(C)C)cc5CC[C@@H]34)C2=N)n1. The van der Waals surface area contributed by atoms with Gasteiger partial charge in [0.1, 0.15) is 16.6 Å². The van der Waals surface area contributed by atoms with Crippen LogP contribution in [-0.2, 0) is 11.8 Å². The van der Waals surface area contributed by atoms with Crippen molar-refractivity contribution < 1.29 is 5.11 Å². The van der Waals surface area contributed by atoms with Gasteiger partial charge in [0.15, 0.2) is 0 Å². The summed E-state index contributed by atoms with van der Waals surface area (Å²) < 4.78 is 0. The van der Waals surface area contributed by atoms with Crippen molar-refractivity contribution in [2.75, 3.05) is 13.1 Å². The number of nitrogens with one attached hydrogen (secondary N) is 1. The van der Waals surface area contributed by atoms with Gasteiger partial charge in [0.05, 0.1) is 12.1 Å². The van der Waals surface area contributed by atoms with Gasteiger partial charge in [-0.1, -0.05) is 52.3 Å². The largest absolute Gasteiger partial charge is 0.510 e. The van der Waals surface area contributed by atoms with Gasteiger partial charge < -0.3 is 10.0 Å². The lowest BCUT2D eigenvalue weighted by Crippen LogP contribution is -2.53. The van der Waals surface area contributed by atoms with E-state index in [1.807, 2.05) is 12.3 Å². The van der Waals surface area contributed by atoms with Gasteiger partial charge in [-0.15, -0.1) is 11.3 Å². The van der Waals surface area contributed by atoms with Crippen LogP contribution in [0.5, 0.6) is 0 Å². The van der Waals surface area contributed by atoms with Crippen molar-refractivity contribution >= 4 is 22.7 Å². The fourth-order valence-electron chi connectivity index (χ4n) is 7.09. The highest BCUT2D eigenvalue weighted by atomic mass is 32.1. The predicted octanol–water partition coefficient (Wildman–Crippen LogP) is 6.85. The number of aryl methyl sites for hydroxylation is 2. The Kier molecular flexibility index (Phi) is 5.47. The van der Waals surface area contributed by atoms with Gasteiger partial charge in [0.25, 0.3) is 0 Å². The molecule has 1 saturated carbocycles. The molecule has 2 aromatic rings. The van der Waals surface area contributed by atoms with Crippen molar-refractivity contribution in [1.29, 1.82) is 5.41 Å². The Morgan fingerprint density at radius 3 is 2.76 bits per heavy atom. The average Bonchev–Trinajstić information content (AvgIpc) is 3.29. The molecule has 0 unspecified atom stereocenters. The summed E-state index contributed by atoms with van der Waals surface area (Å²) in [5.74, 6) is 1.88. The smallest absolute Gasteiger partial charge is 0.135 e. The lowest BCUT2D eigenvalue weighted by atomic mass is 9.49. The minimum atomic E-state index is 0.113.